The van der Waals surface area contributed by atoms with E-state index < -0.39 is 47.4 Å². The number of allylic oxidation sites excluding steroid dienone is 2. The van der Waals surface area contributed by atoms with Crippen molar-refractivity contribution in [2.75, 3.05) is 0 Å². The van der Waals surface area contributed by atoms with Crippen LogP contribution in [0.5, 0.6) is 0 Å². The molecule has 0 aromatic rings. The lowest BCUT2D eigenvalue weighted by atomic mass is 9.32. The lowest BCUT2D eigenvalue weighted by Crippen LogP contribution is -2.67. The summed E-state index contributed by atoms with van der Waals surface area (Å²) in [7, 11) is -3.74. The molecule has 0 saturated heterocycles. The van der Waals surface area contributed by atoms with Gasteiger partial charge in [-0.1, -0.05) is 176 Å². The quantitative estimate of drug-likeness (QED) is 0.0853. The first-order valence-corrected chi connectivity index (χ1v) is 46.9. The summed E-state index contributed by atoms with van der Waals surface area (Å²) in [6, 6.07) is 0. The number of aliphatic carboxylic acids is 3. The van der Waals surface area contributed by atoms with Gasteiger partial charge in [0.1, 0.15) is 0 Å². The van der Waals surface area contributed by atoms with Crippen LogP contribution in [0.2, 0.25) is 0 Å². The monoisotopic (exact) mass is 1520 g/mol. The standard InChI is InChI=1S/C31H52O3.C31H50O3.C31H50O2.C3H9O3P/c2*1-8-19(2)20-11-16-31(26(33)34)18-17-29(6)21(25(20)31)9-10-23-28(5)14-13-24(32)27(3,4)22(28)12-15-30(23,29)7;1-19(2)21-12-16-31(26(32)33)18-17-29(7)22(25(21)31)9-10-24-28(6)14-11-20(3)27(4,5)23(28)13-15-30(24,29)8;1-3(2)7(4,5)6/h19-25,32H,8-18H2,1-7H3,(H,33,34);20-25,32H,2,8-18H2,1,3-7H3,(H,33,34);20-25H,1,9-18H2,2-8H3,(H,32,33);3H,1-2H3,(H2,4,5,6)/t19?,20-,21+,22-,23+,24-,25+,28-,29+,30+,31-;20-,21+,22-,23+,24-,25+,28-,29+,30+,31-;20-,21-,22+,23-,24+,25+,28-,29+,30+,31-;/m000./s1. The third-order valence-corrected chi connectivity index (χ3v) is 44.1. The van der Waals surface area contributed by atoms with Gasteiger partial charge < -0.3 is 35.3 Å². The molecule has 15 aliphatic carbocycles. The first-order chi connectivity index (χ1) is 49.8. The zero-order valence-electron chi connectivity index (χ0n) is 72.8. The van der Waals surface area contributed by atoms with E-state index in [9.17, 15) is 44.5 Å². The summed E-state index contributed by atoms with van der Waals surface area (Å²) in [5, 5.41) is 53.5. The molecule has 7 N–H and O–H groups in total. The number of fused-ring (bicyclic) bond motifs is 21. The van der Waals surface area contributed by atoms with Crippen LogP contribution in [-0.2, 0) is 18.9 Å². The van der Waals surface area contributed by atoms with Crippen molar-refractivity contribution in [1.82, 2.24) is 0 Å². The molecule has 1 unspecified atom stereocenters. The van der Waals surface area contributed by atoms with E-state index in [1.54, 1.807) is 0 Å². The molecule has 15 saturated carbocycles. The van der Waals surface area contributed by atoms with Gasteiger partial charge in [0, 0.05) is 0 Å². The third-order valence-electron chi connectivity index (χ3n) is 42.8. The van der Waals surface area contributed by atoms with E-state index in [2.05, 4.69) is 152 Å². The Hall–Kier alpha value is -2.04. The third kappa shape index (κ3) is 11.8. The van der Waals surface area contributed by atoms with Crippen molar-refractivity contribution in [3.05, 3.63) is 24.3 Å². The summed E-state index contributed by atoms with van der Waals surface area (Å²) in [6.45, 7) is 61.3. The first kappa shape index (κ1) is 85.3. The maximum Gasteiger partial charge on any atom is 0.328 e. The summed E-state index contributed by atoms with van der Waals surface area (Å²) in [4.78, 5) is 54.9. The Balaban J connectivity index is 0.000000145. The van der Waals surface area contributed by atoms with Gasteiger partial charge in [-0.2, -0.15) is 0 Å². The van der Waals surface area contributed by atoms with Gasteiger partial charge in [0.2, 0.25) is 0 Å². The van der Waals surface area contributed by atoms with Crippen molar-refractivity contribution in [1.29, 1.82) is 0 Å². The number of aliphatic hydroxyl groups excluding tert-OH is 2. The molecule has 0 aromatic heterocycles. The molecule has 15 rings (SSSR count). The van der Waals surface area contributed by atoms with Gasteiger partial charge in [0.05, 0.1) is 34.1 Å². The van der Waals surface area contributed by atoms with Gasteiger partial charge in [0.25, 0.3) is 0 Å². The highest BCUT2D eigenvalue weighted by Crippen LogP contribution is 2.82. The van der Waals surface area contributed by atoms with Crippen molar-refractivity contribution < 1.29 is 54.3 Å². The molecule has 15 fully saturated rings. The van der Waals surface area contributed by atoms with Gasteiger partial charge in [-0.25, -0.2) is 0 Å². The lowest BCUT2D eigenvalue weighted by Gasteiger charge is -2.73. The SMILES string of the molecule is C=C(C)[C@@H]1CC[C@]2(C(=O)O)CC[C@]3(C)[C@H](CC[C@@H]4[C@@]5(C)CC[C@H](C)C(C)(C)[C@@H]5CC[C@]43C)[C@@H]12.C=C(CC)[C@@H]1CC[C@]2(C(=O)O)CC[C@]3(C)[C@H](CC[C@@H]4[C@@]5(C)CC[C@H](O)C(C)(C)[C@@H]5CC[C@]43C)[C@@H]12.CC(C)P(=O)(O)O.CCC(C)[C@@H]1CC[C@]2(C(=O)O)CC[C@]3(C)[C@H](CC[C@@H]4[C@@]5(C)CC[C@H](O)C(C)(C)[C@@H]5CC[C@]43C)[C@@H]12. The van der Waals surface area contributed by atoms with Crippen molar-refractivity contribution in [3.63, 3.8) is 0 Å². The number of carboxylic acids is 3. The first-order valence-electron chi connectivity index (χ1n) is 45.2. The summed E-state index contributed by atoms with van der Waals surface area (Å²) < 4.78 is 10.0. The van der Waals surface area contributed by atoms with Crippen LogP contribution in [0.1, 0.15) is 358 Å². The molecule has 12 heteroatoms. The van der Waals surface area contributed by atoms with E-state index in [-0.39, 0.29) is 72.8 Å². The fraction of sp³-hybridized carbons (Fsp3) is 0.927. The van der Waals surface area contributed by atoms with E-state index in [4.69, 9.17) is 9.79 Å². The summed E-state index contributed by atoms with van der Waals surface area (Å²) >= 11 is 0. The Morgan fingerprint density at radius 1 is 0.398 bits per heavy atom. The predicted molar refractivity (Wildman–Crippen MR) is 437 cm³/mol. The molecule has 15 aliphatic rings. The van der Waals surface area contributed by atoms with Gasteiger partial charge in [0.15, 0.2) is 0 Å². The van der Waals surface area contributed by atoms with Gasteiger partial charge in [-0.15, -0.1) is 0 Å². The number of carbonyl (C=O) groups is 3. The van der Waals surface area contributed by atoms with E-state index in [1.807, 2.05) is 0 Å². The molecular weight excluding hydrogens is 1360 g/mol. The topological polar surface area (TPSA) is 210 Å². The minimum absolute atomic E-state index is 0.00971. The van der Waals surface area contributed by atoms with Crippen LogP contribution in [0.3, 0.4) is 0 Å². The van der Waals surface area contributed by atoms with Crippen molar-refractivity contribution in [3.8, 4) is 0 Å². The minimum Gasteiger partial charge on any atom is -0.481 e. The average molecular weight is 1520 g/mol. The van der Waals surface area contributed by atoms with E-state index >= 15 is 0 Å². The summed E-state index contributed by atoms with van der Waals surface area (Å²) in [5.74, 6) is 7.81. The normalized spacial score (nSPS) is 51.8. The van der Waals surface area contributed by atoms with Crippen molar-refractivity contribution in [2.24, 2.45) is 182 Å². The molecule has 616 valence electrons. The highest BCUT2D eigenvalue weighted by atomic mass is 31.2. The number of hydrogen-bond acceptors (Lipinski definition) is 6. The van der Waals surface area contributed by atoms with Gasteiger partial charge in [-0.05, 0) is 372 Å². The highest BCUT2D eigenvalue weighted by Gasteiger charge is 2.77. The van der Waals surface area contributed by atoms with Crippen molar-refractivity contribution in [2.45, 2.75) is 376 Å². The Bertz CT molecular complexity index is 3470. The van der Waals surface area contributed by atoms with Crippen LogP contribution in [0.15, 0.2) is 24.3 Å². The lowest BCUT2D eigenvalue weighted by molar-refractivity contribution is -0.249. The van der Waals surface area contributed by atoms with Crippen LogP contribution in [0.4, 0.5) is 0 Å². The van der Waals surface area contributed by atoms with E-state index in [1.165, 1.54) is 115 Å². The van der Waals surface area contributed by atoms with E-state index in [0.29, 0.717) is 87.3 Å². The number of aliphatic hydroxyl groups is 2. The van der Waals surface area contributed by atoms with Crippen LogP contribution < -0.4 is 0 Å². The second kappa shape index (κ2) is 28.1. The van der Waals surface area contributed by atoms with Crippen LogP contribution in [0, 0.1) is 182 Å². The smallest absolute Gasteiger partial charge is 0.328 e. The fourth-order valence-electron chi connectivity index (χ4n) is 35.3. The molecule has 0 heterocycles. The maximum absolute atomic E-state index is 12.9. The number of carboxylic acid groups (broad SMARTS) is 3. The summed E-state index contributed by atoms with van der Waals surface area (Å²) in [5.41, 5.74) is 3.37. The van der Waals surface area contributed by atoms with Crippen LogP contribution in [-0.4, -0.2) is 71.1 Å². The largest absolute Gasteiger partial charge is 0.481 e. The zero-order valence-corrected chi connectivity index (χ0v) is 73.7. The van der Waals surface area contributed by atoms with Crippen LogP contribution >= 0.6 is 7.60 Å². The molecule has 11 nitrogen and oxygen atoms in total. The molecule has 0 aromatic carbocycles. The van der Waals surface area contributed by atoms with Gasteiger partial charge in [-0.3, -0.25) is 18.9 Å². The Morgan fingerprint density at radius 3 is 1.06 bits per heavy atom. The molecule has 31 atom stereocenters. The molecule has 0 aliphatic heterocycles. The zero-order chi connectivity index (χ0) is 80.1. The minimum atomic E-state index is -3.74. The maximum atomic E-state index is 12.9. The molecule has 0 amide bonds. The number of rotatable bonds is 9. The molecule has 108 heavy (non-hydrogen) atoms. The van der Waals surface area contributed by atoms with E-state index in [0.717, 1.165) is 133 Å². The Labute approximate surface area is 657 Å². The van der Waals surface area contributed by atoms with Gasteiger partial charge >= 0.3 is 25.5 Å². The second-order valence-electron chi connectivity index (χ2n) is 46.4. The molecule has 0 bridgehead atoms. The van der Waals surface area contributed by atoms with Crippen molar-refractivity contribution >= 4 is 25.5 Å². The van der Waals surface area contributed by atoms with Crippen LogP contribution in [0.25, 0.3) is 0 Å². The molecule has 0 radical (unpaired) electrons. The predicted octanol–water partition coefficient (Wildman–Crippen LogP) is 24.0. The summed E-state index contributed by atoms with van der Waals surface area (Å²) in [6.07, 6.45) is 35.4. The molecular formula is C96H161O11P. The molecule has 0 spiro atoms. The highest BCUT2D eigenvalue weighted by molar-refractivity contribution is 7.52. The average Bonchev–Trinajstić information content (AvgIpc) is 1.18. The second-order valence-corrected chi connectivity index (χ2v) is 48.6. The Morgan fingerprint density at radius 2 is 0.722 bits per heavy atom. The fourth-order valence-corrected chi connectivity index (χ4v) is 35.3. The Kier molecular flexibility index (Phi) is 22.2. The number of hydrogen-bond donors (Lipinski definition) is 7.